The quantitative estimate of drug-likeness (QED) is 0.836. The van der Waals surface area contributed by atoms with E-state index in [1.165, 1.54) is 0 Å². The van der Waals surface area contributed by atoms with Gasteiger partial charge in [0.1, 0.15) is 0 Å². The molecule has 1 heterocycles. The summed E-state index contributed by atoms with van der Waals surface area (Å²) in [5, 5.41) is 2.79. The molecule has 0 atom stereocenters. The molecule has 114 valence electrons. The molecule has 3 N–H and O–H groups in total. The Bertz CT molecular complexity index is 502. The number of anilines is 2. The number of nitrogens with zero attached hydrogens (tertiary/aromatic N) is 1. The first-order valence-corrected chi connectivity index (χ1v) is 7.59. The van der Waals surface area contributed by atoms with Gasteiger partial charge in [0.05, 0.1) is 11.4 Å². The molecule has 0 aromatic heterocycles. The van der Waals surface area contributed by atoms with Crippen LogP contribution >= 0.6 is 0 Å². The Hall–Kier alpha value is -2.04. The molecule has 0 aliphatic carbocycles. The maximum Gasteiger partial charge on any atom is 0.226 e. The molecule has 5 nitrogen and oxygen atoms in total. The predicted molar refractivity (Wildman–Crippen MR) is 83.8 cm³/mol. The number of carbonyl (C=O) groups excluding carboxylic acids is 2. The van der Waals surface area contributed by atoms with E-state index in [-0.39, 0.29) is 11.8 Å². The van der Waals surface area contributed by atoms with Crippen LogP contribution in [0.25, 0.3) is 0 Å². The van der Waals surface area contributed by atoms with E-state index in [2.05, 4.69) is 5.32 Å². The van der Waals surface area contributed by atoms with Crippen LogP contribution in [-0.4, -0.2) is 29.8 Å². The van der Waals surface area contributed by atoms with Gasteiger partial charge >= 0.3 is 0 Å². The summed E-state index contributed by atoms with van der Waals surface area (Å²) in [5.41, 5.74) is 6.96. The van der Waals surface area contributed by atoms with Crippen molar-refractivity contribution in [2.24, 2.45) is 0 Å². The van der Waals surface area contributed by atoms with E-state index in [0.29, 0.717) is 30.8 Å². The Labute approximate surface area is 125 Å². The third kappa shape index (κ3) is 4.77. The van der Waals surface area contributed by atoms with Crippen LogP contribution in [0.3, 0.4) is 0 Å². The van der Waals surface area contributed by atoms with Gasteiger partial charge in [-0.25, -0.2) is 0 Å². The molecule has 0 radical (unpaired) electrons. The summed E-state index contributed by atoms with van der Waals surface area (Å²) in [6.07, 6.45) is 5.19. The highest BCUT2D eigenvalue weighted by Gasteiger charge is 2.16. The Morgan fingerprint density at radius 1 is 1.19 bits per heavy atom. The summed E-state index contributed by atoms with van der Waals surface area (Å²) in [6, 6.07) is 7.17. The summed E-state index contributed by atoms with van der Waals surface area (Å²) in [7, 11) is 0. The molecule has 0 bridgehead atoms. The molecule has 1 saturated heterocycles. The fraction of sp³-hybridized carbons (Fsp3) is 0.500. The van der Waals surface area contributed by atoms with Gasteiger partial charge < -0.3 is 16.0 Å². The SMILES string of the molecule is Nc1ccccc1NC(=O)CCN1CCCCCCC1=O. The molecule has 5 heteroatoms. The van der Waals surface area contributed by atoms with Gasteiger partial charge in [-0.05, 0) is 25.0 Å². The number of likely N-dealkylation sites (tertiary alicyclic amines) is 1. The Morgan fingerprint density at radius 2 is 1.95 bits per heavy atom. The average molecular weight is 289 g/mol. The molecule has 1 aliphatic heterocycles. The summed E-state index contributed by atoms with van der Waals surface area (Å²) < 4.78 is 0. The van der Waals surface area contributed by atoms with Crippen molar-refractivity contribution in [1.82, 2.24) is 4.90 Å². The van der Waals surface area contributed by atoms with E-state index in [0.717, 1.165) is 32.2 Å². The summed E-state index contributed by atoms with van der Waals surface area (Å²) in [6.45, 7) is 1.25. The minimum Gasteiger partial charge on any atom is -0.397 e. The first-order chi connectivity index (χ1) is 10.2. The third-order valence-electron chi connectivity index (χ3n) is 3.77. The molecular formula is C16H23N3O2. The monoisotopic (exact) mass is 289 g/mol. The second-order valence-corrected chi connectivity index (χ2v) is 5.43. The summed E-state index contributed by atoms with van der Waals surface area (Å²) >= 11 is 0. The number of para-hydroxylation sites is 2. The van der Waals surface area contributed by atoms with Gasteiger partial charge in [0.25, 0.3) is 0 Å². The van der Waals surface area contributed by atoms with Crippen molar-refractivity contribution in [3.63, 3.8) is 0 Å². The van der Waals surface area contributed by atoms with Crippen LogP contribution in [0.1, 0.15) is 38.5 Å². The highest BCUT2D eigenvalue weighted by molar-refractivity contribution is 5.94. The molecule has 2 amide bonds. The largest absolute Gasteiger partial charge is 0.397 e. The van der Waals surface area contributed by atoms with Crippen LogP contribution in [0.4, 0.5) is 11.4 Å². The maximum atomic E-state index is 12.0. The second-order valence-electron chi connectivity index (χ2n) is 5.43. The maximum absolute atomic E-state index is 12.0. The minimum absolute atomic E-state index is 0.109. The molecule has 1 fully saturated rings. The van der Waals surface area contributed by atoms with E-state index in [1.807, 2.05) is 17.0 Å². The van der Waals surface area contributed by atoms with Crippen LogP contribution < -0.4 is 11.1 Å². The smallest absolute Gasteiger partial charge is 0.226 e. The molecule has 0 unspecified atom stereocenters. The molecule has 1 aromatic rings. The van der Waals surface area contributed by atoms with Crippen molar-refractivity contribution < 1.29 is 9.59 Å². The first kappa shape index (κ1) is 15.4. The van der Waals surface area contributed by atoms with Crippen LogP contribution in [0, 0.1) is 0 Å². The molecular weight excluding hydrogens is 266 g/mol. The van der Waals surface area contributed by atoms with Gasteiger partial charge in [0.2, 0.25) is 11.8 Å². The first-order valence-electron chi connectivity index (χ1n) is 7.59. The van der Waals surface area contributed by atoms with Crippen molar-refractivity contribution in [2.45, 2.75) is 38.5 Å². The zero-order chi connectivity index (χ0) is 15.1. The van der Waals surface area contributed by atoms with Crippen LogP contribution in [0.5, 0.6) is 0 Å². The number of rotatable bonds is 4. The molecule has 0 saturated carbocycles. The van der Waals surface area contributed by atoms with Crippen molar-refractivity contribution >= 4 is 23.2 Å². The number of nitrogens with two attached hydrogens (primary N) is 1. The highest BCUT2D eigenvalue weighted by atomic mass is 16.2. The lowest BCUT2D eigenvalue weighted by Gasteiger charge is -2.24. The Balaban J connectivity index is 1.82. The molecule has 0 spiro atoms. The lowest BCUT2D eigenvalue weighted by Crippen LogP contribution is -2.35. The number of benzene rings is 1. The van der Waals surface area contributed by atoms with Crippen molar-refractivity contribution in [2.75, 3.05) is 24.1 Å². The number of amides is 2. The van der Waals surface area contributed by atoms with Crippen LogP contribution in [0.15, 0.2) is 24.3 Å². The number of carbonyl (C=O) groups is 2. The van der Waals surface area contributed by atoms with Crippen molar-refractivity contribution in [3.05, 3.63) is 24.3 Å². The number of hydrogen-bond donors (Lipinski definition) is 2. The molecule has 1 aliphatic rings. The van der Waals surface area contributed by atoms with Gasteiger partial charge in [-0.2, -0.15) is 0 Å². The lowest BCUT2D eigenvalue weighted by atomic mass is 10.1. The highest BCUT2D eigenvalue weighted by Crippen LogP contribution is 2.17. The molecule has 2 rings (SSSR count). The van der Waals surface area contributed by atoms with Gasteiger partial charge in [-0.15, -0.1) is 0 Å². The van der Waals surface area contributed by atoms with Gasteiger partial charge in [0.15, 0.2) is 0 Å². The number of nitrogens with one attached hydrogen (secondary N) is 1. The van der Waals surface area contributed by atoms with Crippen molar-refractivity contribution in [1.29, 1.82) is 0 Å². The van der Waals surface area contributed by atoms with Crippen molar-refractivity contribution in [3.8, 4) is 0 Å². The predicted octanol–water partition coefficient (Wildman–Crippen LogP) is 2.39. The fourth-order valence-electron chi connectivity index (χ4n) is 2.51. The lowest BCUT2D eigenvalue weighted by molar-refractivity contribution is -0.132. The summed E-state index contributed by atoms with van der Waals surface area (Å²) in [5.74, 6) is 0.0597. The number of hydrogen-bond acceptors (Lipinski definition) is 3. The summed E-state index contributed by atoms with van der Waals surface area (Å²) in [4.78, 5) is 25.7. The minimum atomic E-state index is -0.109. The second kappa shape index (κ2) is 7.67. The topological polar surface area (TPSA) is 75.4 Å². The number of nitrogen functional groups attached to an aromatic ring is 1. The normalized spacial score (nSPS) is 16.2. The fourth-order valence-corrected chi connectivity index (χ4v) is 2.51. The standard InChI is InChI=1S/C16H23N3O2/c17-13-7-4-5-8-14(13)18-15(20)10-12-19-11-6-2-1-3-9-16(19)21/h4-5,7-8H,1-3,6,9-12,17H2,(H,18,20). The average Bonchev–Trinajstić information content (AvgIpc) is 2.45. The zero-order valence-electron chi connectivity index (χ0n) is 12.3. The van der Waals surface area contributed by atoms with E-state index in [1.54, 1.807) is 12.1 Å². The van der Waals surface area contributed by atoms with Gasteiger partial charge in [-0.3, -0.25) is 9.59 Å². The molecule has 21 heavy (non-hydrogen) atoms. The van der Waals surface area contributed by atoms with E-state index < -0.39 is 0 Å². The van der Waals surface area contributed by atoms with Gasteiger partial charge in [0, 0.05) is 25.9 Å². The van der Waals surface area contributed by atoms with Crippen LogP contribution in [0.2, 0.25) is 0 Å². The van der Waals surface area contributed by atoms with Gasteiger partial charge in [-0.1, -0.05) is 25.0 Å². The Kier molecular flexibility index (Phi) is 5.60. The van der Waals surface area contributed by atoms with E-state index in [9.17, 15) is 9.59 Å². The Morgan fingerprint density at radius 3 is 2.76 bits per heavy atom. The van der Waals surface area contributed by atoms with Crippen LogP contribution in [-0.2, 0) is 9.59 Å². The molecule has 1 aromatic carbocycles. The van der Waals surface area contributed by atoms with E-state index >= 15 is 0 Å². The van der Waals surface area contributed by atoms with E-state index in [4.69, 9.17) is 5.73 Å². The third-order valence-corrected chi connectivity index (χ3v) is 3.77. The zero-order valence-corrected chi connectivity index (χ0v) is 12.3.